The third-order valence-corrected chi connectivity index (χ3v) is 6.33. The minimum atomic E-state index is 0.252. The maximum absolute atomic E-state index is 8.61. The fourth-order valence-electron chi connectivity index (χ4n) is 4.70. The number of allylic oxidation sites excluding steroid dienone is 1. The molecule has 1 aliphatic rings. The summed E-state index contributed by atoms with van der Waals surface area (Å²) in [5.41, 5.74) is 11.3. The van der Waals surface area contributed by atoms with Gasteiger partial charge in [0.1, 0.15) is 0 Å². The highest BCUT2D eigenvalue weighted by atomic mass is 15.2. The van der Waals surface area contributed by atoms with Crippen LogP contribution in [0.1, 0.15) is 43.8 Å². The van der Waals surface area contributed by atoms with E-state index in [9.17, 15) is 0 Å². The fraction of sp³-hybridized carbons (Fsp3) is 0.407. The van der Waals surface area contributed by atoms with Crippen molar-refractivity contribution in [3.8, 4) is 0 Å². The Hall–Kier alpha value is -3.32. The lowest BCUT2D eigenvalue weighted by Gasteiger charge is -2.17. The number of nitrogens with one attached hydrogen (secondary N) is 2. The molecule has 0 aromatic carbocycles. The molecular formula is C27H35N7. The minimum Gasteiger partial charge on any atom is -0.404 e. The Balaban J connectivity index is 1.43. The van der Waals surface area contributed by atoms with Gasteiger partial charge in [-0.3, -0.25) is 15.4 Å². The van der Waals surface area contributed by atoms with Gasteiger partial charge in [-0.05, 0) is 68.5 Å². The number of aryl methyl sites for hydroxylation is 1. The summed E-state index contributed by atoms with van der Waals surface area (Å²) in [6, 6.07) is 11.4. The molecule has 4 N–H and O–H groups in total. The summed E-state index contributed by atoms with van der Waals surface area (Å²) in [5, 5.41) is 12.1. The monoisotopic (exact) mass is 457 g/mol. The maximum atomic E-state index is 8.61. The Morgan fingerprint density at radius 2 is 2.06 bits per heavy atom. The average molecular weight is 458 g/mol. The van der Waals surface area contributed by atoms with Gasteiger partial charge in [-0.25, -0.2) is 4.98 Å². The summed E-state index contributed by atoms with van der Waals surface area (Å²) in [4.78, 5) is 16.3. The molecule has 4 heterocycles. The van der Waals surface area contributed by atoms with Crippen LogP contribution in [0.2, 0.25) is 0 Å². The number of nitrogens with two attached hydrogens (primary N) is 1. The summed E-state index contributed by atoms with van der Waals surface area (Å²) < 4.78 is 0. The van der Waals surface area contributed by atoms with E-state index < -0.39 is 0 Å². The van der Waals surface area contributed by atoms with Crippen LogP contribution in [0.3, 0.4) is 0 Å². The maximum Gasteiger partial charge on any atom is 0.0914 e. The molecule has 3 aromatic heterocycles. The van der Waals surface area contributed by atoms with E-state index >= 15 is 0 Å². The second kappa shape index (κ2) is 10.7. The van der Waals surface area contributed by atoms with Crippen LogP contribution in [0.5, 0.6) is 0 Å². The van der Waals surface area contributed by atoms with E-state index in [1.54, 1.807) is 0 Å². The molecule has 34 heavy (non-hydrogen) atoms. The number of anilines is 1. The molecule has 4 rings (SSSR count). The summed E-state index contributed by atoms with van der Waals surface area (Å²) in [6.45, 7) is 10.8. The molecule has 7 heteroatoms. The van der Waals surface area contributed by atoms with E-state index in [0.29, 0.717) is 17.0 Å². The Bertz CT molecular complexity index is 1180. The lowest BCUT2D eigenvalue weighted by atomic mass is 9.97. The normalized spacial score (nSPS) is 16.9. The number of hydrogen-bond acceptors (Lipinski definition) is 7. The largest absolute Gasteiger partial charge is 0.404 e. The van der Waals surface area contributed by atoms with Crippen LogP contribution in [0.15, 0.2) is 48.8 Å². The standard InChI is InChI=1S/C27H35N7/c1-18(2)13-20-9-11-34(17-20)12-10-30-21-14-26-24(31-16-21)8-7-23(33-26)22(15-28)27(29)25-6-4-5-19(3)32-25/h4-8,14-16,18,20,29-30H,9-13,17,28H2,1-3H3/b22-15-,29-27?. The van der Waals surface area contributed by atoms with Crippen molar-refractivity contribution in [1.82, 2.24) is 19.9 Å². The van der Waals surface area contributed by atoms with Crippen LogP contribution in [0.4, 0.5) is 5.69 Å². The Kier molecular flexibility index (Phi) is 7.53. The Morgan fingerprint density at radius 3 is 2.82 bits per heavy atom. The zero-order chi connectivity index (χ0) is 24.1. The van der Waals surface area contributed by atoms with Gasteiger partial charge in [-0.1, -0.05) is 19.9 Å². The number of likely N-dealkylation sites (tertiary alicyclic amines) is 1. The number of aromatic nitrogens is 3. The van der Waals surface area contributed by atoms with Crippen molar-refractivity contribution in [2.24, 2.45) is 17.6 Å². The van der Waals surface area contributed by atoms with Gasteiger partial charge in [-0.15, -0.1) is 0 Å². The molecule has 0 saturated carbocycles. The second-order valence-electron chi connectivity index (χ2n) is 9.59. The van der Waals surface area contributed by atoms with Gasteiger partial charge in [0.2, 0.25) is 0 Å². The number of fused-ring (bicyclic) bond motifs is 1. The molecule has 3 aromatic rings. The van der Waals surface area contributed by atoms with E-state index in [4.69, 9.17) is 16.1 Å². The number of pyridine rings is 3. The van der Waals surface area contributed by atoms with Crippen LogP contribution in [-0.4, -0.2) is 51.7 Å². The van der Waals surface area contributed by atoms with E-state index in [2.05, 4.69) is 34.0 Å². The van der Waals surface area contributed by atoms with Crippen LogP contribution >= 0.6 is 0 Å². The number of nitrogens with zero attached hydrogens (tertiary/aromatic N) is 4. The molecule has 1 unspecified atom stereocenters. The van der Waals surface area contributed by atoms with Gasteiger partial charge >= 0.3 is 0 Å². The number of hydrogen-bond donors (Lipinski definition) is 3. The molecule has 1 saturated heterocycles. The van der Waals surface area contributed by atoms with Gasteiger partial charge in [0.25, 0.3) is 0 Å². The lowest BCUT2D eigenvalue weighted by Crippen LogP contribution is -2.27. The van der Waals surface area contributed by atoms with Crippen LogP contribution in [-0.2, 0) is 0 Å². The van der Waals surface area contributed by atoms with Gasteiger partial charge in [-0.2, -0.15) is 0 Å². The van der Waals surface area contributed by atoms with Crippen LogP contribution in [0.25, 0.3) is 16.6 Å². The summed E-state index contributed by atoms with van der Waals surface area (Å²) in [6.07, 6.45) is 5.92. The van der Waals surface area contributed by atoms with Crippen molar-refractivity contribution < 1.29 is 0 Å². The van der Waals surface area contributed by atoms with Crippen LogP contribution in [0, 0.1) is 24.2 Å². The SMILES string of the molecule is Cc1cccc(C(=N)/C(=C\N)c2ccc3ncc(NCCN4CCC(CC(C)C)C4)cc3n2)n1. The van der Waals surface area contributed by atoms with Crippen molar-refractivity contribution in [3.05, 3.63) is 65.9 Å². The van der Waals surface area contributed by atoms with Crippen LogP contribution < -0.4 is 11.1 Å². The van der Waals surface area contributed by atoms with E-state index in [0.717, 1.165) is 47.3 Å². The second-order valence-corrected chi connectivity index (χ2v) is 9.59. The van der Waals surface area contributed by atoms with Crippen molar-refractivity contribution in [2.75, 3.05) is 31.5 Å². The van der Waals surface area contributed by atoms with Crippen molar-refractivity contribution in [2.45, 2.75) is 33.6 Å². The van der Waals surface area contributed by atoms with E-state index in [-0.39, 0.29) is 5.71 Å². The summed E-state index contributed by atoms with van der Waals surface area (Å²) in [7, 11) is 0. The molecule has 1 fully saturated rings. The Labute approximate surface area is 202 Å². The molecule has 0 aliphatic carbocycles. The predicted molar refractivity (Wildman–Crippen MR) is 140 cm³/mol. The van der Waals surface area contributed by atoms with Crippen molar-refractivity contribution in [1.29, 1.82) is 5.41 Å². The minimum absolute atomic E-state index is 0.252. The van der Waals surface area contributed by atoms with Crippen molar-refractivity contribution in [3.63, 3.8) is 0 Å². The molecule has 0 spiro atoms. The summed E-state index contributed by atoms with van der Waals surface area (Å²) in [5.74, 6) is 1.61. The zero-order valence-electron chi connectivity index (χ0n) is 20.4. The third kappa shape index (κ3) is 5.78. The molecule has 1 atom stereocenters. The third-order valence-electron chi connectivity index (χ3n) is 6.33. The molecule has 178 valence electrons. The average Bonchev–Trinajstić information content (AvgIpc) is 3.25. The predicted octanol–water partition coefficient (Wildman–Crippen LogP) is 4.48. The molecule has 0 radical (unpaired) electrons. The molecule has 7 nitrogen and oxygen atoms in total. The fourth-order valence-corrected chi connectivity index (χ4v) is 4.70. The van der Waals surface area contributed by atoms with Crippen molar-refractivity contribution >= 4 is 28.0 Å². The highest BCUT2D eigenvalue weighted by Crippen LogP contribution is 2.24. The lowest BCUT2D eigenvalue weighted by molar-refractivity contribution is 0.323. The smallest absolute Gasteiger partial charge is 0.0914 e. The first-order valence-corrected chi connectivity index (χ1v) is 12.1. The van der Waals surface area contributed by atoms with Gasteiger partial charge in [0, 0.05) is 37.1 Å². The first-order valence-electron chi connectivity index (χ1n) is 12.1. The first kappa shape index (κ1) is 23.8. The highest BCUT2D eigenvalue weighted by Gasteiger charge is 2.22. The molecular weight excluding hydrogens is 422 g/mol. The molecule has 1 aliphatic heterocycles. The zero-order valence-corrected chi connectivity index (χ0v) is 20.4. The van der Waals surface area contributed by atoms with Gasteiger partial charge in [0.15, 0.2) is 0 Å². The summed E-state index contributed by atoms with van der Waals surface area (Å²) >= 11 is 0. The van der Waals surface area contributed by atoms with Gasteiger partial charge in [0.05, 0.1) is 40.0 Å². The number of rotatable bonds is 9. The Morgan fingerprint density at radius 1 is 1.21 bits per heavy atom. The highest BCUT2D eigenvalue weighted by molar-refractivity contribution is 6.29. The van der Waals surface area contributed by atoms with E-state index in [1.165, 1.54) is 32.1 Å². The molecule has 0 amide bonds. The molecule has 0 bridgehead atoms. The quantitative estimate of drug-likeness (QED) is 0.409. The first-order chi connectivity index (χ1) is 16.4. The van der Waals surface area contributed by atoms with Gasteiger partial charge < -0.3 is 16.0 Å². The van der Waals surface area contributed by atoms with E-state index in [1.807, 2.05) is 49.5 Å². The topological polar surface area (TPSA) is 104 Å².